The van der Waals surface area contributed by atoms with Gasteiger partial charge in [-0.1, -0.05) is 30.0 Å². The summed E-state index contributed by atoms with van der Waals surface area (Å²) in [7, 11) is 0. The second-order valence-corrected chi connectivity index (χ2v) is 5.10. The largest absolute Gasteiger partial charge is 0.333 e. The number of nitrogens with one attached hydrogen (secondary N) is 2. The Kier molecular flexibility index (Phi) is 3.64. The Morgan fingerprint density at radius 3 is 2.90 bits per heavy atom. The molecule has 5 nitrogen and oxygen atoms in total. The van der Waals surface area contributed by atoms with Crippen LogP contribution in [0.15, 0.2) is 53.9 Å². The molecule has 2 aromatic heterocycles. The smallest absolute Gasteiger partial charge is 0.234 e. The van der Waals surface area contributed by atoms with Gasteiger partial charge < -0.3 is 10.3 Å². The maximum atomic E-state index is 11.8. The van der Waals surface area contributed by atoms with Gasteiger partial charge in [-0.25, -0.2) is 4.98 Å². The second-order valence-electron chi connectivity index (χ2n) is 4.14. The fourth-order valence-corrected chi connectivity index (χ4v) is 2.44. The van der Waals surface area contributed by atoms with Gasteiger partial charge in [0.2, 0.25) is 5.91 Å². The fraction of sp³-hybridized carbons (Fsp3) is 0.0714. The Bertz CT molecular complexity index is 693. The summed E-state index contributed by atoms with van der Waals surface area (Å²) >= 11 is 1.37. The number of hydrogen-bond donors (Lipinski definition) is 2. The van der Waals surface area contributed by atoms with E-state index in [2.05, 4.69) is 20.3 Å². The van der Waals surface area contributed by atoms with E-state index in [1.807, 2.05) is 36.4 Å². The number of amides is 1. The van der Waals surface area contributed by atoms with Gasteiger partial charge in [0.05, 0.1) is 17.5 Å². The zero-order valence-electron chi connectivity index (χ0n) is 10.5. The van der Waals surface area contributed by atoms with Crippen molar-refractivity contribution in [1.82, 2.24) is 15.0 Å². The molecule has 0 aliphatic heterocycles. The first-order valence-corrected chi connectivity index (χ1v) is 7.07. The molecule has 0 saturated heterocycles. The van der Waals surface area contributed by atoms with E-state index in [4.69, 9.17) is 0 Å². The highest BCUT2D eigenvalue weighted by Crippen LogP contribution is 2.18. The first kappa shape index (κ1) is 12.7. The number of imidazole rings is 1. The Morgan fingerprint density at radius 2 is 2.10 bits per heavy atom. The van der Waals surface area contributed by atoms with Crippen LogP contribution in [0.4, 0.5) is 5.69 Å². The number of aromatic amines is 1. The molecule has 2 N–H and O–H groups in total. The summed E-state index contributed by atoms with van der Waals surface area (Å²) in [6.45, 7) is 0. The Labute approximate surface area is 119 Å². The summed E-state index contributed by atoms with van der Waals surface area (Å²) < 4.78 is 0. The van der Waals surface area contributed by atoms with Crippen molar-refractivity contribution in [2.75, 3.05) is 11.1 Å². The highest BCUT2D eigenvalue weighted by Gasteiger charge is 2.07. The molecule has 1 amide bonds. The molecule has 0 atom stereocenters. The van der Waals surface area contributed by atoms with Crippen LogP contribution in [0.3, 0.4) is 0 Å². The van der Waals surface area contributed by atoms with E-state index in [1.54, 1.807) is 12.4 Å². The van der Waals surface area contributed by atoms with Gasteiger partial charge in [-0.15, -0.1) is 0 Å². The Morgan fingerprint density at radius 1 is 1.25 bits per heavy atom. The van der Waals surface area contributed by atoms with Crippen molar-refractivity contribution in [3.63, 3.8) is 0 Å². The molecule has 0 unspecified atom stereocenters. The number of thioether (sulfide) groups is 1. The lowest BCUT2D eigenvalue weighted by Crippen LogP contribution is -2.13. The van der Waals surface area contributed by atoms with Gasteiger partial charge in [-0.3, -0.25) is 9.78 Å². The van der Waals surface area contributed by atoms with Crippen molar-refractivity contribution >= 4 is 34.4 Å². The molecule has 100 valence electrons. The van der Waals surface area contributed by atoms with E-state index < -0.39 is 0 Å². The number of nitrogens with zero attached hydrogens (tertiary/aromatic N) is 2. The number of fused-ring (bicyclic) bond motifs is 1. The number of aromatic nitrogens is 3. The predicted molar refractivity (Wildman–Crippen MR) is 79.7 cm³/mol. The van der Waals surface area contributed by atoms with E-state index >= 15 is 0 Å². The van der Waals surface area contributed by atoms with Crippen LogP contribution in [0.2, 0.25) is 0 Å². The first-order valence-electron chi connectivity index (χ1n) is 6.09. The molecular formula is C14H12N4OS. The molecule has 0 aliphatic rings. The minimum atomic E-state index is -0.0558. The average Bonchev–Trinajstić information content (AvgIpc) is 2.89. The van der Waals surface area contributed by atoms with Gasteiger partial charge in [0, 0.05) is 11.9 Å². The monoisotopic (exact) mass is 284 g/mol. The van der Waals surface area contributed by atoms with Crippen molar-refractivity contribution < 1.29 is 4.79 Å². The number of para-hydroxylation sites is 1. The van der Waals surface area contributed by atoms with Crippen LogP contribution in [0, 0.1) is 0 Å². The molecule has 20 heavy (non-hydrogen) atoms. The molecule has 1 aromatic carbocycles. The quantitative estimate of drug-likeness (QED) is 0.723. The van der Waals surface area contributed by atoms with Crippen LogP contribution in [0.25, 0.3) is 11.0 Å². The highest BCUT2D eigenvalue weighted by molar-refractivity contribution is 7.99. The lowest BCUT2D eigenvalue weighted by molar-refractivity contribution is -0.113. The molecule has 2 heterocycles. The lowest BCUT2D eigenvalue weighted by atomic mass is 10.3. The van der Waals surface area contributed by atoms with E-state index in [-0.39, 0.29) is 5.91 Å². The maximum Gasteiger partial charge on any atom is 0.234 e. The molecule has 0 saturated carbocycles. The molecule has 0 radical (unpaired) electrons. The molecule has 3 rings (SSSR count). The van der Waals surface area contributed by atoms with Gasteiger partial charge in [0.15, 0.2) is 5.16 Å². The second kappa shape index (κ2) is 5.75. The van der Waals surface area contributed by atoms with Gasteiger partial charge in [-0.2, -0.15) is 0 Å². The number of benzene rings is 1. The number of H-pyrrole nitrogens is 1. The SMILES string of the molecule is O=C(CSc1nc2cnccc2[nH]1)Nc1ccccc1. The number of carbonyl (C=O) groups is 1. The summed E-state index contributed by atoms with van der Waals surface area (Å²) in [6, 6.07) is 11.2. The third kappa shape index (κ3) is 2.97. The average molecular weight is 284 g/mol. The molecule has 0 fully saturated rings. The topological polar surface area (TPSA) is 70.7 Å². The fourth-order valence-electron chi connectivity index (χ4n) is 1.75. The third-order valence-corrected chi connectivity index (χ3v) is 3.53. The Hall–Kier alpha value is -2.34. The Balaban J connectivity index is 1.60. The summed E-state index contributed by atoms with van der Waals surface area (Å²) in [5, 5.41) is 3.55. The number of carbonyl (C=O) groups excluding carboxylic acids is 1. The van der Waals surface area contributed by atoms with Gasteiger partial charge in [0.25, 0.3) is 0 Å². The number of hydrogen-bond acceptors (Lipinski definition) is 4. The lowest BCUT2D eigenvalue weighted by Gasteiger charge is -2.03. The number of pyridine rings is 1. The van der Waals surface area contributed by atoms with Crippen LogP contribution >= 0.6 is 11.8 Å². The summed E-state index contributed by atoms with van der Waals surface area (Å²) in [4.78, 5) is 23.3. The van der Waals surface area contributed by atoms with E-state index in [0.29, 0.717) is 5.75 Å². The zero-order valence-corrected chi connectivity index (χ0v) is 11.4. The third-order valence-electron chi connectivity index (χ3n) is 2.66. The molecule has 0 aliphatic carbocycles. The summed E-state index contributed by atoms with van der Waals surface area (Å²) in [5.41, 5.74) is 2.52. The zero-order chi connectivity index (χ0) is 13.8. The number of anilines is 1. The van der Waals surface area contributed by atoms with E-state index in [0.717, 1.165) is 21.9 Å². The molecular weight excluding hydrogens is 272 g/mol. The maximum absolute atomic E-state index is 11.8. The minimum absolute atomic E-state index is 0.0558. The van der Waals surface area contributed by atoms with Crippen LogP contribution in [0.1, 0.15) is 0 Å². The van der Waals surface area contributed by atoms with Crippen molar-refractivity contribution in [1.29, 1.82) is 0 Å². The van der Waals surface area contributed by atoms with Crippen molar-refractivity contribution in [2.45, 2.75) is 5.16 Å². The highest BCUT2D eigenvalue weighted by atomic mass is 32.2. The summed E-state index contributed by atoms with van der Waals surface area (Å²) in [6.07, 6.45) is 3.40. The normalized spacial score (nSPS) is 10.6. The standard InChI is InChI=1S/C14H12N4OS/c19-13(16-10-4-2-1-3-5-10)9-20-14-17-11-6-7-15-8-12(11)18-14/h1-8H,9H2,(H,16,19)(H,17,18). The van der Waals surface area contributed by atoms with Gasteiger partial charge >= 0.3 is 0 Å². The van der Waals surface area contributed by atoms with Crippen LogP contribution in [-0.2, 0) is 4.79 Å². The summed E-state index contributed by atoms with van der Waals surface area (Å²) in [5.74, 6) is 0.252. The van der Waals surface area contributed by atoms with Crippen LogP contribution in [0.5, 0.6) is 0 Å². The van der Waals surface area contributed by atoms with Gasteiger partial charge in [0.1, 0.15) is 5.52 Å². The van der Waals surface area contributed by atoms with Crippen molar-refractivity contribution in [2.24, 2.45) is 0 Å². The van der Waals surface area contributed by atoms with Crippen molar-refractivity contribution in [3.05, 3.63) is 48.8 Å². The molecule has 0 bridgehead atoms. The minimum Gasteiger partial charge on any atom is -0.333 e. The van der Waals surface area contributed by atoms with Gasteiger partial charge in [-0.05, 0) is 18.2 Å². The van der Waals surface area contributed by atoms with Crippen LogP contribution in [-0.4, -0.2) is 26.6 Å². The molecule has 3 aromatic rings. The van der Waals surface area contributed by atoms with Crippen molar-refractivity contribution in [3.8, 4) is 0 Å². The first-order chi connectivity index (χ1) is 9.81. The predicted octanol–water partition coefficient (Wildman–Crippen LogP) is 2.69. The number of rotatable bonds is 4. The molecule has 0 spiro atoms. The van der Waals surface area contributed by atoms with Crippen LogP contribution < -0.4 is 5.32 Å². The molecule has 6 heteroatoms. The van der Waals surface area contributed by atoms with E-state index in [9.17, 15) is 4.79 Å². The van der Waals surface area contributed by atoms with E-state index in [1.165, 1.54) is 11.8 Å².